The molecule has 43 heavy (non-hydrogen) atoms. The zero-order valence-corrected chi connectivity index (χ0v) is 27.6. The van der Waals surface area contributed by atoms with E-state index in [0.29, 0.717) is 47.6 Å². The fraction of sp³-hybridized carbons (Fsp3) is 0.182. The second-order valence-corrected chi connectivity index (χ2v) is 12.3. The fourth-order valence-corrected chi connectivity index (χ4v) is 5.97. The Morgan fingerprint density at radius 1 is 1.02 bits per heavy atom. The second kappa shape index (κ2) is 13.1. The first kappa shape index (κ1) is 31.1. The van der Waals surface area contributed by atoms with Gasteiger partial charge in [-0.3, -0.25) is 4.79 Å². The molecule has 5 aromatic rings. The van der Waals surface area contributed by atoms with Crippen LogP contribution in [-0.4, -0.2) is 23.0 Å². The minimum Gasteiger partial charge on any atom is -0.496 e. The van der Waals surface area contributed by atoms with Crippen LogP contribution in [-0.2, 0) is 6.61 Å². The van der Waals surface area contributed by atoms with Gasteiger partial charge in [-0.25, -0.2) is 4.98 Å². The number of aryl methyl sites for hydroxylation is 1. The van der Waals surface area contributed by atoms with E-state index < -0.39 is 0 Å². The average molecular weight is 700 g/mol. The van der Waals surface area contributed by atoms with E-state index in [2.05, 4.69) is 34.9 Å². The van der Waals surface area contributed by atoms with Crippen molar-refractivity contribution in [1.29, 1.82) is 0 Å². The average Bonchev–Trinajstić information content (AvgIpc) is 2.97. The summed E-state index contributed by atoms with van der Waals surface area (Å²) in [7, 11) is 1.65. The molecule has 220 valence electrons. The maximum Gasteiger partial charge on any atom is 0.282 e. The molecule has 4 aromatic carbocycles. The number of nitrogens with zero attached hydrogens (tertiary/aromatic N) is 3. The molecular weight excluding hydrogens is 673 g/mol. The van der Waals surface area contributed by atoms with Crippen LogP contribution in [0, 0.1) is 6.92 Å². The number of hydrogen-bond acceptors (Lipinski definition) is 5. The van der Waals surface area contributed by atoms with E-state index in [0.717, 1.165) is 28.0 Å². The van der Waals surface area contributed by atoms with Gasteiger partial charge in [-0.1, -0.05) is 66.8 Å². The van der Waals surface area contributed by atoms with E-state index in [1.54, 1.807) is 49.7 Å². The lowest BCUT2D eigenvalue weighted by Gasteiger charge is -2.17. The van der Waals surface area contributed by atoms with Crippen LogP contribution in [0.3, 0.4) is 0 Å². The van der Waals surface area contributed by atoms with Gasteiger partial charge in [0.2, 0.25) is 0 Å². The van der Waals surface area contributed by atoms with Gasteiger partial charge in [0.15, 0.2) is 5.82 Å². The molecule has 5 rings (SSSR count). The van der Waals surface area contributed by atoms with E-state index in [4.69, 9.17) is 49.3 Å². The first-order valence-corrected chi connectivity index (χ1v) is 15.3. The topological polar surface area (TPSA) is 65.7 Å². The maximum atomic E-state index is 13.9. The number of para-hydroxylation sites is 1. The van der Waals surface area contributed by atoms with Crippen LogP contribution in [0.25, 0.3) is 22.3 Å². The highest BCUT2D eigenvalue weighted by atomic mass is 79.9. The lowest BCUT2D eigenvalue weighted by Crippen LogP contribution is -2.21. The van der Waals surface area contributed by atoms with Gasteiger partial charge in [-0.2, -0.15) is 9.78 Å². The summed E-state index contributed by atoms with van der Waals surface area (Å²) in [6, 6.07) is 19.9. The number of aromatic nitrogens is 2. The Hall–Kier alpha value is -3.36. The van der Waals surface area contributed by atoms with Crippen molar-refractivity contribution in [3.63, 3.8) is 0 Å². The Morgan fingerprint density at radius 3 is 2.51 bits per heavy atom. The Morgan fingerprint density at radius 2 is 1.79 bits per heavy atom. The summed E-state index contributed by atoms with van der Waals surface area (Å²) in [4.78, 5) is 18.8. The summed E-state index contributed by atoms with van der Waals surface area (Å²) in [5.74, 6) is 1.85. The van der Waals surface area contributed by atoms with Crippen molar-refractivity contribution in [2.24, 2.45) is 5.10 Å². The van der Waals surface area contributed by atoms with Gasteiger partial charge >= 0.3 is 0 Å². The van der Waals surface area contributed by atoms with E-state index in [1.165, 1.54) is 4.68 Å². The molecule has 0 aliphatic heterocycles. The summed E-state index contributed by atoms with van der Waals surface area (Å²) in [5.41, 5.74) is 4.31. The number of halogens is 4. The minimum absolute atomic E-state index is 0.178. The summed E-state index contributed by atoms with van der Waals surface area (Å²) >= 11 is 22.2. The predicted molar refractivity (Wildman–Crippen MR) is 180 cm³/mol. The van der Waals surface area contributed by atoms with Crippen LogP contribution >= 0.6 is 50.7 Å². The first-order valence-electron chi connectivity index (χ1n) is 13.4. The number of hydrogen-bond donors (Lipinski definition) is 0. The molecule has 0 aliphatic carbocycles. The van der Waals surface area contributed by atoms with Crippen LogP contribution < -0.4 is 15.0 Å². The Labute approximate surface area is 273 Å². The Balaban J connectivity index is 1.65. The first-order chi connectivity index (χ1) is 20.6. The van der Waals surface area contributed by atoms with Crippen LogP contribution in [0.15, 0.2) is 81.1 Å². The highest BCUT2D eigenvalue weighted by Gasteiger charge is 2.19. The number of rotatable bonds is 8. The third-order valence-electron chi connectivity index (χ3n) is 6.91. The molecular formula is C33H27BrCl3N3O3. The quantitative estimate of drug-likeness (QED) is 0.151. The van der Waals surface area contributed by atoms with Crippen LogP contribution in [0.1, 0.15) is 42.0 Å². The van der Waals surface area contributed by atoms with Crippen molar-refractivity contribution in [1.82, 2.24) is 9.66 Å². The third kappa shape index (κ3) is 6.60. The predicted octanol–water partition coefficient (Wildman–Crippen LogP) is 9.69. The van der Waals surface area contributed by atoms with Gasteiger partial charge in [0.1, 0.15) is 18.1 Å². The summed E-state index contributed by atoms with van der Waals surface area (Å²) in [6.45, 7) is 6.35. The fourth-order valence-electron chi connectivity index (χ4n) is 4.71. The van der Waals surface area contributed by atoms with Crippen LogP contribution in [0.4, 0.5) is 0 Å². The second-order valence-electron chi connectivity index (χ2n) is 10.2. The van der Waals surface area contributed by atoms with Gasteiger partial charge in [0, 0.05) is 16.1 Å². The normalized spacial score (nSPS) is 11.6. The van der Waals surface area contributed by atoms with E-state index >= 15 is 0 Å². The van der Waals surface area contributed by atoms with Gasteiger partial charge in [-0.05, 0) is 94.0 Å². The van der Waals surface area contributed by atoms with E-state index in [1.807, 2.05) is 37.3 Å². The molecule has 0 N–H and O–H groups in total. The van der Waals surface area contributed by atoms with Crippen molar-refractivity contribution >= 4 is 67.9 Å². The Bertz CT molecular complexity index is 1940. The number of ether oxygens (including phenoxy) is 2. The molecule has 0 amide bonds. The number of benzene rings is 4. The lowest BCUT2D eigenvalue weighted by atomic mass is 9.96. The van der Waals surface area contributed by atoms with Gasteiger partial charge in [0.05, 0.1) is 38.7 Å². The van der Waals surface area contributed by atoms with Gasteiger partial charge in [0.25, 0.3) is 5.56 Å². The maximum absolute atomic E-state index is 13.9. The molecule has 0 fully saturated rings. The number of methoxy groups -OCH3 is 1. The molecule has 0 unspecified atom stereocenters. The highest BCUT2D eigenvalue weighted by Crippen LogP contribution is 2.35. The third-order valence-corrected chi connectivity index (χ3v) is 8.46. The van der Waals surface area contributed by atoms with Crippen molar-refractivity contribution in [3.8, 4) is 22.9 Å². The molecule has 0 spiro atoms. The SMILES string of the molecule is COc1cc(C)c(-c2nc3ccccc3c(=O)n2N=Cc2cc(Cl)cc(Br)c2OCc2ccc(Cl)c(Cl)c2)cc1C(C)C. The monoisotopic (exact) mass is 697 g/mol. The van der Waals surface area contributed by atoms with Crippen molar-refractivity contribution in [2.75, 3.05) is 7.11 Å². The Kier molecular flexibility index (Phi) is 9.47. The van der Waals surface area contributed by atoms with Gasteiger partial charge < -0.3 is 9.47 Å². The van der Waals surface area contributed by atoms with E-state index in [-0.39, 0.29) is 18.1 Å². The molecule has 0 aliphatic rings. The smallest absolute Gasteiger partial charge is 0.282 e. The van der Waals surface area contributed by atoms with E-state index in [9.17, 15) is 4.79 Å². The molecule has 6 nitrogen and oxygen atoms in total. The minimum atomic E-state index is -0.308. The van der Waals surface area contributed by atoms with Crippen LogP contribution in [0.2, 0.25) is 15.1 Å². The van der Waals surface area contributed by atoms with Crippen molar-refractivity contribution < 1.29 is 9.47 Å². The molecule has 1 aromatic heterocycles. The van der Waals surface area contributed by atoms with Crippen molar-refractivity contribution in [3.05, 3.63) is 119 Å². The molecule has 10 heteroatoms. The zero-order chi connectivity index (χ0) is 30.8. The molecule has 0 saturated carbocycles. The zero-order valence-electron chi connectivity index (χ0n) is 23.8. The summed E-state index contributed by atoms with van der Waals surface area (Å²) < 4.78 is 13.8. The molecule has 0 bridgehead atoms. The highest BCUT2D eigenvalue weighted by molar-refractivity contribution is 9.10. The number of fused-ring (bicyclic) bond motifs is 1. The summed E-state index contributed by atoms with van der Waals surface area (Å²) in [6.07, 6.45) is 1.55. The molecule has 0 atom stereocenters. The standard InChI is InChI=1S/C33H27BrCl3N3O3/c1-18(2)24-15-25(19(3)11-30(24)42-4)32-39-29-8-6-5-7-23(29)33(41)40(32)38-16-21-13-22(35)14-26(34)31(21)43-17-20-9-10-27(36)28(37)12-20/h5-16,18H,17H2,1-4H3. The molecule has 1 heterocycles. The van der Waals surface area contributed by atoms with Crippen LogP contribution in [0.5, 0.6) is 11.5 Å². The molecule has 0 saturated heterocycles. The molecule has 0 radical (unpaired) electrons. The largest absolute Gasteiger partial charge is 0.496 e. The van der Waals surface area contributed by atoms with Gasteiger partial charge in [-0.15, -0.1) is 0 Å². The van der Waals surface area contributed by atoms with Crippen molar-refractivity contribution in [2.45, 2.75) is 33.3 Å². The summed E-state index contributed by atoms with van der Waals surface area (Å²) in [5, 5.41) is 6.48. The lowest BCUT2D eigenvalue weighted by molar-refractivity contribution is 0.304.